The molecule has 6 atom stereocenters. The van der Waals surface area contributed by atoms with E-state index in [2.05, 4.69) is 26.7 Å². The van der Waals surface area contributed by atoms with Crippen LogP contribution in [0.3, 0.4) is 0 Å². The van der Waals surface area contributed by atoms with Crippen LogP contribution in [0.4, 0.5) is 4.39 Å². The lowest BCUT2D eigenvalue weighted by atomic mass is 9.82. The number of nitrogens with two attached hydrogens (primary N) is 1. The Morgan fingerprint density at radius 1 is 1.14 bits per heavy atom. The third-order valence-electron chi connectivity index (χ3n) is 8.68. The van der Waals surface area contributed by atoms with Gasteiger partial charge in [0.1, 0.15) is 18.0 Å². The van der Waals surface area contributed by atoms with E-state index in [1.165, 1.54) is 26.1 Å². The Labute approximate surface area is 248 Å². The number of halogens is 1. The van der Waals surface area contributed by atoms with Gasteiger partial charge in [0.25, 0.3) is 0 Å². The minimum Gasteiger partial charge on any atom is -0.459 e. The van der Waals surface area contributed by atoms with Crippen molar-refractivity contribution in [2.45, 2.75) is 96.0 Å². The van der Waals surface area contributed by atoms with Crippen LogP contribution in [0, 0.1) is 11.7 Å². The number of aromatic nitrogens is 1. The van der Waals surface area contributed by atoms with Gasteiger partial charge in [0, 0.05) is 36.5 Å². The van der Waals surface area contributed by atoms with Gasteiger partial charge in [-0.15, -0.1) is 0 Å². The van der Waals surface area contributed by atoms with Gasteiger partial charge in [0.2, 0.25) is 11.8 Å². The molecular weight excluding hydrogens is 539 g/mol. The summed E-state index contributed by atoms with van der Waals surface area (Å²) in [6.45, 7) is 7.99. The molecule has 10 nitrogen and oxygen atoms in total. The number of fused-ring (bicyclic) bond motifs is 2. The smallest absolute Gasteiger partial charge is 0.303 e. The highest BCUT2D eigenvalue weighted by Gasteiger charge is 2.54. The Morgan fingerprint density at radius 2 is 1.83 bits per heavy atom. The van der Waals surface area contributed by atoms with Crippen molar-refractivity contribution in [1.82, 2.24) is 25.8 Å². The number of aromatic amines is 1. The van der Waals surface area contributed by atoms with Gasteiger partial charge in [-0.2, -0.15) is 0 Å². The van der Waals surface area contributed by atoms with Crippen LogP contribution in [0.15, 0.2) is 24.4 Å². The molecule has 11 heteroatoms. The van der Waals surface area contributed by atoms with E-state index in [0.29, 0.717) is 12.1 Å². The van der Waals surface area contributed by atoms with Gasteiger partial charge in [-0.1, -0.05) is 33.1 Å². The molecule has 1 aliphatic carbocycles. The first-order valence-corrected chi connectivity index (χ1v) is 15.3. The summed E-state index contributed by atoms with van der Waals surface area (Å²) in [6, 6.07) is 3.08. The van der Waals surface area contributed by atoms with Crippen LogP contribution in [0.5, 0.6) is 0 Å². The molecule has 2 amide bonds. The summed E-state index contributed by atoms with van der Waals surface area (Å²) in [5.74, 6) is -1.08. The predicted octanol–water partition coefficient (Wildman–Crippen LogP) is 2.78. The number of amides is 2. The zero-order chi connectivity index (χ0) is 31.0. The number of likely N-dealkylation sites (tertiary alicyclic amines) is 1. The lowest BCUT2D eigenvalue weighted by molar-refractivity contribution is -0.147. The molecule has 2 saturated heterocycles. The maximum absolute atomic E-state index is 14.4. The summed E-state index contributed by atoms with van der Waals surface area (Å²) in [7, 11) is 3.22. The van der Waals surface area contributed by atoms with Crippen molar-refractivity contribution in [2.24, 2.45) is 11.7 Å². The van der Waals surface area contributed by atoms with Gasteiger partial charge in [-0.25, -0.2) is 4.39 Å². The zero-order valence-corrected chi connectivity index (χ0v) is 25.8. The molecule has 42 heavy (non-hydrogen) atoms. The van der Waals surface area contributed by atoms with Crippen LogP contribution in [0.1, 0.15) is 71.3 Å². The number of H-pyrrole nitrogens is 1. The standard InChI is InChI=1S/C28H38FN5O4.C2H6.CH5N/c1-15(30-3)27(36)33-24(17-7-5-4-6-8-17)28(37)34-14-23(38-16(2)35)25-26(34)21(13-32-25)20-12-31-22-11-18(29)9-10-19(20)22;2*1-2/h9-12,15,17,21,23-26,30-32H,4-8,13-14H2,1-3H3,(H,33,36);1-2H3;2H2,1H3/t15-,21?,23?,24?,25?,26?;;/m0../s1. The Morgan fingerprint density at radius 3 is 2.48 bits per heavy atom. The first-order chi connectivity index (χ1) is 20.3. The van der Waals surface area contributed by atoms with E-state index in [1.54, 1.807) is 20.0 Å². The molecular formula is C31H49FN6O4. The summed E-state index contributed by atoms with van der Waals surface area (Å²) in [5, 5.41) is 10.4. The van der Waals surface area contributed by atoms with Crippen LogP contribution >= 0.6 is 0 Å². The van der Waals surface area contributed by atoms with Gasteiger partial charge < -0.3 is 36.3 Å². The van der Waals surface area contributed by atoms with E-state index < -0.39 is 24.2 Å². The monoisotopic (exact) mass is 588 g/mol. The van der Waals surface area contributed by atoms with Crippen molar-refractivity contribution in [3.05, 3.63) is 35.8 Å². The number of ether oxygens (including phenoxy) is 1. The highest BCUT2D eigenvalue weighted by molar-refractivity contribution is 5.91. The average Bonchev–Trinajstić information content (AvgIpc) is 3.72. The van der Waals surface area contributed by atoms with E-state index in [9.17, 15) is 18.8 Å². The lowest BCUT2D eigenvalue weighted by Gasteiger charge is -2.36. The van der Waals surface area contributed by atoms with Crippen molar-refractivity contribution >= 4 is 28.7 Å². The summed E-state index contributed by atoms with van der Waals surface area (Å²) in [4.78, 5) is 44.3. The fourth-order valence-corrected chi connectivity index (χ4v) is 6.67. The largest absolute Gasteiger partial charge is 0.459 e. The maximum atomic E-state index is 14.4. The number of likely N-dealkylation sites (N-methyl/N-ethyl adjacent to an activating group) is 1. The molecule has 0 radical (unpaired) electrons. The molecule has 234 valence electrons. The summed E-state index contributed by atoms with van der Waals surface area (Å²) >= 11 is 0. The first kappa shape index (κ1) is 33.5. The second-order valence-electron chi connectivity index (χ2n) is 11.0. The quantitative estimate of drug-likeness (QED) is 0.313. The minimum absolute atomic E-state index is 0.0550. The molecule has 5 rings (SSSR count). The number of benzene rings is 1. The van der Waals surface area contributed by atoms with Gasteiger partial charge in [-0.05, 0) is 63.5 Å². The molecule has 1 aromatic heterocycles. The molecule has 2 aromatic rings. The lowest BCUT2D eigenvalue weighted by Crippen LogP contribution is -2.57. The number of carbonyl (C=O) groups excluding carboxylic acids is 3. The Balaban J connectivity index is 0.00000116. The van der Waals surface area contributed by atoms with Crippen LogP contribution in [-0.4, -0.2) is 85.1 Å². The zero-order valence-electron chi connectivity index (χ0n) is 25.8. The normalized spacial score (nSPS) is 24.9. The number of esters is 1. The number of nitrogens with zero attached hydrogens (tertiary/aromatic N) is 1. The van der Waals surface area contributed by atoms with Crippen LogP contribution in [-0.2, 0) is 19.1 Å². The molecule has 2 aliphatic heterocycles. The summed E-state index contributed by atoms with van der Waals surface area (Å²) in [5.41, 5.74) is 6.19. The topological polar surface area (TPSA) is 142 Å². The SMILES string of the molecule is CC.CN.CN[C@@H](C)C(=O)NC(C(=O)N1CC(OC(C)=O)C2NCC(c3c[nH]c4cc(F)ccc34)C21)C1CCCCC1. The number of hydrogen-bond donors (Lipinski definition) is 5. The second-order valence-corrected chi connectivity index (χ2v) is 11.0. The van der Waals surface area contributed by atoms with Gasteiger partial charge in [-0.3, -0.25) is 14.4 Å². The Kier molecular flexibility index (Phi) is 12.3. The van der Waals surface area contributed by atoms with Crippen molar-refractivity contribution < 1.29 is 23.5 Å². The molecule has 3 heterocycles. The fourth-order valence-electron chi connectivity index (χ4n) is 6.67. The Bertz CT molecular complexity index is 1200. The minimum atomic E-state index is -0.645. The van der Waals surface area contributed by atoms with Crippen molar-refractivity contribution in [1.29, 1.82) is 0 Å². The van der Waals surface area contributed by atoms with Gasteiger partial charge >= 0.3 is 5.97 Å². The number of rotatable bonds is 7. The molecule has 1 saturated carbocycles. The molecule has 3 aliphatic rings. The van der Waals surface area contributed by atoms with E-state index in [1.807, 2.05) is 24.9 Å². The number of hydrogen-bond acceptors (Lipinski definition) is 7. The van der Waals surface area contributed by atoms with E-state index in [4.69, 9.17) is 4.74 Å². The highest BCUT2D eigenvalue weighted by Crippen LogP contribution is 2.41. The third-order valence-corrected chi connectivity index (χ3v) is 8.68. The number of carbonyl (C=O) groups is 3. The summed E-state index contributed by atoms with van der Waals surface area (Å²) in [6.07, 6.45) is 6.36. The highest BCUT2D eigenvalue weighted by atomic mass is 19.1. The van der Waals surface area contributed by atoms with Crippen molar-refractivity contribution in [3.63, 3.8) is 0 Å². The number of nitrogens with one attached hydrogen (secondary N) is 4. The first-order valence-electron chi connectivity index (χ1n) is 15.3. The van der Waals surface area contributed by atoms with E-state index in [0.717, 1.165) is 43.1 Å². The molecule has 6 N–H and O–H groups in total. The third kappa shape index (κ3) is 7.12. The van der Waals surface area contributed by atoms with Gasteiger partial charge in [0.15, 0.2) is 0 Å². The Hall–Kier alpha value is -3.02. The predicted molar refractivity (Wildman–Crippen MR) is 162 cm³/mol. The molecule has 5 unspecified atom stereocenters. The van der Waals surface area contributed by atoms with Crippen LogP contribution < -0.4 is 21.7 Å². The summed E-state index contributed by atoms with van der Waals surface area (Å²) < 4.78 is 19.5. The van der Waals surface area contributed by atoms with E-state index >= 15 is 0 Å². The molecule has 1 aromatic carbocycles. The molecule has 3 fully saturated rings. The van der Waals surface area contributed by atoms with E-state index in [-0.39, 0.29) is 48.1 Å². The van der Waals surface area contributed by atoms with Gasteiger partial charge in [0.05, 0.1) is 24.7 Å². The maximum Gasteiger partial charge on any atom is 0.303 e. The second kappa shape index (κ2) is 15.5. The molecule has 0 bridgehead atoms. The van der Waals surface area contributed by atoms with Crippen molar-refractivity contribution in [3.8, 4) is 0 Å². The van der Waals surface area contributed by atoms with Crippen molar-refractivity contribution in [2.75, 3.05) is 27.2 Å². The van der Waals surface area contributed by atoms with Crippen LogP contribution in [0.2, 0.25) is 0 Å². The van der Waals surface area contributed by atoms with Crippen LogP contribution in [0.25, 0.3) is 10.9 Å². The molecule has 0 spiro atoms. The average molecular weight is 589 g/mol. The fraction of sp³-hybridized carbons (Fsp3) is 0.645.